The summed E-state index contributed by atoms with van der Waals surface area (Å²) in [5.41, 5.74) is 0. The SMILES string of the molecule is CC(C)CNC(=O)CCNC1CSC(C)C1. The van der Waals surface area contributed by atoms with Gasteiger partial charge in [-0.3, -0.25) is 4.79 Å². The number of carbonyl (C=O) groups excluding carboxylic acids is 1. The highest BCUT2D eigenvalue weighted by atomic mass is 32.2. The standard InChI is InChI=1S/C12H24N2OS/c1-9(2)7-14-12(15)4-5-13-11-6-10(3)16-8-11/h9-11,13H,4-8H2,1-3H3,(H,14,15). The maximum atomic E-state index is 11.4. The van der Waals surface area contributed by atoms with Crippen LogP contribution in [0, 0.1) is 5.92 Å². The highest BCUT2D eigenvalue weighted by Crippen LogP contribution is 2.25. The molecule has 3 nitrogen and oxygen atoms in total. The molecule has 1 aliphatic rings. The Kier molecular flexibility index (Phi) is 6.21. The van der Waals surface area contributed by atoms with Gasteiger partial charge in [-0.2, -0.15) is 11.8 Å². The smallest absolute Gasteiger partial charge is 0.221 e. The van der Waals surface area contributed by atoms with Crippen LogP contribution >= 0.6 is 11.8 Å². The molecule has 1 aliphatic heterocycles. The summed E-state index contributed by atoms with van der Waals surface area (Å²) in [4.78, 5) is 11.4. The van der Waals surface area contributed by atoms with Crippen molar-refractivity contribution in [3.05, 3.63) is 0 Å². The molecule has 1 rings (SSSR count). The van der Waals surface area contributed by atoms with Crippen molar-refractivity contribution in [1.82, 2.24) is 10.6 Å². The van der Waals surface area contributed by atoms with Gasteiger partial charge in [0.2, 0.25) is 5.91 Å². The van der Waals surface area contributed by atoms with Gasteiger partial charge in [0, 0.05) is 36.6 Å². The van der Waals surface area contributed by atoms with E-state index in [4.69, 9.17) is 0 Å². The van der Waals surface area contributed by atoms with Gasteiger partial charge in [-0.05, 0) is 12.3 Å². The van der Waals surface area contributed by atoms with Crippen LogP contribution in [0.25, 0.3) is 0 Å². The van der Waals surface area contributed by atoms with E-state index >= 15 is 0 Å². The monoisotopic (exact) mass is 244 g/mol. The van der Waals surface area contributed by atoms with Gasteiger partial charge in [0.05, 0.1) is 0 Å². The number of hydrogen-bond acceptors (Lipinski definition) is 3. The molecule has 94 valence electrons. The highest BCUT2D eigenvalue weighted by molar-refractivity contribution is 8.00. The van der Waals surface area contributed by atoms with Crippen molar-refractivity contribution in [2.75, 3.05) is 18.8 Å². The second-order valence-corrected chi connectivity index (χ2v) is 6.45. The Hall–Kier alpha value is -0.220. The van der Waals surface area contributed by atoms with Crippen LogP contribution in [0.1, 0.15) is 33.6 Å². The number of nitrogens with one attached hydrogen (secondary N) is 2. The van der Waals surface area contributed by atoms with Gasteiger partial charge in [-0.15, -0.1) is 0 Å². The van der Waals surface area contributed by atoms with Gasteiger partial charge in [-0.1, -0.05) is 20.8 Å². The molecular weight excluding hydrogens is 220 g/mol. The lowest BCUT2D eigenvalue weighted by Gasteiger charge is -2.12. The zero-order valence-corrected chi connectivity index (χ0v) is 11.4. The van der Waals surface area contributed by atoms with Crippen LogP contribution in [0.5, 0.6) is 0 Å². The van der Waals surface area contributed by atoms with Crippen molar-refractivity contribution in [2.24, 2.45) is 5.92 Å². The summed E-state index contributed by atoms with van der Waals surface area (Å²) < 4.78 is 0. The van der Waals surface area contributed by atoms with E-state index < -0.39 is 0 Å². The van der Waals surface area contributed by atoms with Gasteiger partial charge < -0.3 is 10.6 Å². The van der Waals surface area contributed by atoms with Crippen molar-refractivity contribution in [3.8, 4) is 0 Å². The predicted molar refractivity (Wildman–Crippen MR) is 70.8 cm³/mol. The number of rotatable bonds is 6. The fourth-order valence-electron chi connectivity index (χ4n) is 1.76. The molecule has 2 N–H and O–H groups in total. The maximum Gasteiger partial charge on any atom is 0.221 e. The Labute approximate surface area is 103 Å². The summed E-state index contributed by atoms with van der Waals surface area (Å²) >= 11 is 2.02. The Morgan fingerprint density at radius 2 is 2.25 bits per heavy atom. The average molecular weight is 244 g/mol. The lowest BCUT2D eigenvalue weighted by molar-refractivity contribution is -0.121. The quantitative estimate of drug-likeness (QED) is 0.746. The van der Waals surface area contributed by atoms with Gasteiger partial charge in [0.1, 0.15) is 0 Å². The Balaban J connectivity index is 2.00. The minimum atomic E-state index is 0.167. The fraction of sp³-hybridized carbons (Fsp3) is 0.917. The number of amides is 1. The van der Waals surface area contributed by atoms with Crippen molar-refractivity contribution in [2.45, 2.75) is 44.9 Å². The van der Waals surface area contributed by atoms with E-state index in [2.05, 4.69) is 31.4 Å². The van der Waals surface area contributed by atoms with Gasteiger partial charge in [0.25, 0.3) is 0 Å². The molecule has 0 bridgehead atoms. The summed E-state index contributed by atoms with van der Waals surface area (Å²) in [7, 11) is 0. The van der Waals surface area contributed by atoms with Gasteiger partial charge in [-0.25, -0.2) is 0 Å². The first-order chi connectivity index (χ1) is 7.58. The van der Waals surface area contributed by atoms with E-state index in [1.807, 2.05) is 11.8 Å². The summed E-state index contributed by atoms with van der Waals surface area (Å²) in [6, 6.07) is 0.609. The van der Waals surface area contributed by atoms with Gasteiger partial charge >= 0.3 is 0 Å². The molecular formula is C12H24N2OS. The highest BCUT2D eigenvalue weighted by Gasteiger charge is 2.20. The van der Waals surface area contributed by atoms with Crippen LogP contribution < -0.4 is 10.6 Å². The lowest BCUT2D eigenvalue weighted by Crippen LogP contribution is -2.34. The zero-order chi connectivity index (χ0) is 12.0. The van der Waals surface area contributed by atoms with Crippen LogP contribution in [-0.4, -0.2) is 36.0 Å². The summed E-state index contributed by atoms with van der Waals surface area (Å²) in [6.07, 6.45) is 1.83. The number of thioether (sulfide) groups is 1. The van der Waals surface area contributed by atoms with Crippen LogP contribution in [-0.2, 0) is 4.79 Å². The zero-order valence-electron chi connectivity index (χ0n) is 10.6. The van der Waals surface area contributed by atoms with E-state index in [9.17, 15) is 4.79 Å². The Morgan fingerprint density at radius 1 is 1.50 bits per heavy atom. The first kappa shape index (κ1) is 13.8. The summed E-state index contributed by atoms with van der Waals surface area (Å²) in [6.45, 7) is 8.07. The van der Waals surface area contributed by atoms with Crippen molar-refractivity contribution in [3.63, 3.8) is 0 Å². The number of hydrogen-bond donors (Lipinski definition) is 2. The summed E-state index contributed by atoms with van der Waals surface area (Å²) in [5, 5.41) is 7.15. The van der Waals surface area contributed by atoms with E-state index in [-0.39, 0.29) is 5.91 Å². The van der Waals surface area contributed by atoms with Crippen LogP contribution in [0.2, 0.25) is 0 Å². The Bertz CT molecular complexity index is 221. The van der Waals surface area contributed by atoms with E-state index in [1.165, 1.54) is 12.2 Å². The molecule has 16 heavy (non-hydrogen) atoms. The van der Waals surface area contributed by atoms with E-state index in [0.29, 0.717) is 18.4 Å². The number of carbonyl (C=O) groups is 1. The Morgan fingerprint density at radius 3 is 2.81 bits per heavy atom. The third-order valence-corrected chi connectivity index (χ3v) is 4.05. The lowest BCUT2D eigenvalue weighted by atomic mass is 10.2. The minimum absolute atomic E-state index is 0.167. The molecule has 4 heteroatoms. The second kappa shape index (κ2) is 7.17. The molecule has 0 aromatic rings. The second-order valence-electron chi connectivity index (χ2n) is 4.98. The maximum absolute atomic E-state index is 11.4. The van der Waals surface area contributed by atoms with Crippen molar-refractivity contribution >= 4 is 17.7 Å². The molecule has 0 spiro atoms. The molecule has 0 saturated carbocycles. The molecule has 0 radical (unpaired) electrons. The molecule has 0 aliphatic carbocycles. The predicted octanol–water partition coefficient (Wildman–Crippen LogP) is 1.63. The van der Waals surface area contributed by atoms with Crippen LogP contribution in [0.15, 0.2) is 0 Å². The summed E-state index contributed by atoms with van der Waals surface area (Å²) in [5.74, 6) is 1.89. The molecule has 1 heterocycles. The topological polar surface area (TPSA) is 41.1 Å². The first-order valence-electron chi connectivity index (χ1n) is 6.19. The normalized spacial score (nSPS) is 25.0. The molecule has 1 amide bonds. The van der Waals surface area contributed by atoms with Crippen LogP contribution in [0.3, 0.4) is 0 Å². The molecule has 1 saturated heterocycles. The van der Waals surface area contributed by atoms with Crippen molar-refractivity contribution in [1.29, 1.82) is 0 Å². The van der Waals surface area contributed by atoms with Gasteiger partial charge in [0.15, 0.2) is 0 Å². The van der Waals surface area contributed by atoms with E-state index in [1.54, 1.807) is 0 Å². The van der Waals surface area contributed by atoms with E-state index in [0.717, 1.165) is 18.3 Å². The third kappa shape index (κ3) is 5.75. The molecule has 0 aromatic carbocycles. The fourth-order valence-corrected chi connectivity index (χ4v) is 2.94. The average Bonchev–Trinajstić information content (AvgIpc) is 2.61. The molecule has 1 fully saturated rings. The first-order valence-corrected chi connectivity index (χ1v) is 7.24. The third-order valence-electron chi connectivity index (χ3n) is 2.69. The molecule has 2 unspecified atom stereocenters. The minimum Gasteiger partial charge on any atom is -0.356 e. The molecule has 0 aromatic heterocycles. The van der Waals surface area contributed by atoms with Crippen molar-refractivity contribution < 1.29 is 4.79 Å². The largest absolute Gasteiger partial charge is 0.356 e. The van der Waals surface area contributed by atoms with Crippen LogP contribution in [0.4, 0.5) is 0 Å². The molecule has 2 atom stereocenters.